The number of carbonyl (C=O) groups is 2. The molecular weight excluding hydrogens is 372 g/mol. The van der Waals surface area contributed by atoms with Gasteiger partial charge in [-0.25, -0.2) is 0 Å². The smallest absolute Gasteiger partial charge is 0.255 e. The van der Waals surface area contributed by atoms with Crippen LogP contribution in [0, 0.1) is 0 Å². The second-order valence-electron chi connectivity index (χ2n) is 6.14. The summed E-state index contributed by atoms with van der Waals surface area (Å²) in [5.74, 6) is 0.518. The third-order valence-corrected chi connectivity index (χ3v) is 4.92. The van der Waals surface area contributed by atoms with Crippen LogP contribution >= 0.6 is 11.3 Å². The summed E-state index contributed by atoms with van der Waals surface area (Å²) < 4.78 is 5.38. The summed E-state index contributed by atoms with van der Waals surface area (Å²) in [4.78, 5) is 25.5. The van der Waals surface area contributed by atoms with Crippen molar-refractivity contribution in [3.05, 3.63) is 82.0 Å². The lowest BCUT2D eigenvalue weighted by molar-refractivity contribution is -0.120. The molecule has 0 aliphatic rings. The van der Waals surface area contributed by atoms with Gasteiger partial charge >= 0.3 is 0 Å². The first-order valence-corrected chi connectivity index (χ1v) is 9.94. The predicted octanol–water partition coefficient (Wildman–Crippen LogP) is 4.26. The number of thiophene rings is 1. The van der Waals surface area contributed by atoms with E-state index >= 15 is 0 Å². The fraction of sp³-hybridized carbons (Fsp3) is 0.182. The molecule has 3 aromatic rings. The molecule has 0 aliphatic carbocycles. The van der Waals surface area contributed by atoms with Crippen molar-refractivity contribution >= 4 is 28.8 Å². The van der Waals surface area contributed by atoms with Gasteiger partial charge in [-0.15, -0.1) is 11.3 Å². The molecule has 2 N–H and O–H groups in total. The second-order valence-corrected chi connectivity index (χ2v) is 7.17. The number of anilines is 1. The maximum atomic E-state index is 12.3. The van der Waals surface area contributed by atoms with Gasteiger partial charge in [0.25, 0.3) is 5.91 Å². The SMILES string of the molecule is CCOc1ccc(C(=O)Nc2ccc(CC(=O)NCc3cccs3)cc2)cc1. The Morgan fingerprint density at radius 1 is 1.00 bits per heavy atom. The van der Waals surface area contributed by atoms with E-state index in [0.717, 1.165) is 16.2 Å². The molecule has 0 aliphatic heterocycles. The lowest BCUT2D eigenvalue weighted by atomic mass is 10.1. The summed E-state index contributed by atoms with van der Waals surface area (Å²) >= 11 is 1.62. The number of hydrogen-bond acceptors (Lipinski definition) is 4. The van der Waals surface area contributed by atoms with Crippen LogP contribution in [0.25, 0.3) is 0 Å². The molecule has 2 amide bonds. The van der Waals surface area contributed by atoms with Crippen molar-refractivity contribution in [2.45, 2.75) is 19.9 Å². The van der Waals surface area contributed by atoms with Gasteiger partial charge in [-0.1, -0.05) is 18.2 Å². The van der Waals surface area contributed by atoms with E-state index in [1.165, 1.54) is 0 Å². The van der Waals surface area contributed by atoms with Crippen molar-refractivity contribution < 1.29 is 14.3 Å². The quantitative estimate of drug-likeness (QED) is 0.600. The summed E-state index contributed by atoms with van der Waals surface area (Å²) in [6, 6.07) is 18.3. The second kappa shape index (κ2) is 9.71. The van der Waals surface area contributed by atoms with E-state index in [1.807, 2.05) is 36.6 Å². The average molecular weight is 394 g/mol. The van der Waals surface area contributed by atoms with Gasteiger partial charge in [0.1, 0.15) is 5.75 Å². The van der Waals surface area contributed by atoms with Crippen molar-refractivity contribution in [1.29, 1.82) is 0 Å². The van der Waals surface area contributed by atoms with Gasteiger partial charge in [0.15, 0.2) is 0 Å². The van der Waals surface area contributed by atoms with E-state index in [9.17, 15) is 9.59 Å². The molecule has 0 saturated heterocycles. The lowest BCUT2D eigenvalue weighted by Gasteiger charge is -2.08. The fourth-order valence-corrected chi connectivity index (χ4v) is 3.27. The summed E-state index contributed by atoms with van der Waals surface area (Å²) in [5, 5.41) is 7.75. The average Bonchev–Trinajstić information content (AvgIpc) is 3.22. The van der Waals surface area contributed by atoms with E-state index in [4.69, 9.17) is 4.74 Å². The summed E-state index contributed by atoms with van der Waals surface area (Å²) in [7, 11) is 0. The summed E-state index contributed by atoms with van der Waals surface area (Å²) in [5.41, 5.74) is 2.13. The Balaban J connectivity index is 1.50. The third kappa shape index (κ3) is 5.69. The molecule has 0 radical (unpaired) electrons. The summed E-state index contributed by atoms with van der Waals surface area (Å²) in [6.07, 6.45) is 0.304. The Hall–Kier alpha value is -3.12. The number of nitrogens with one attached hydrogen (secondary N) is 2. The highest BCUT2D eigenvalue weighted by Crippen LogP contribution is 2.15. The van der Waals surface area contributed by atoms with Gasteiger partial charge in [-0.2, -0.15) is 0 Å². The molecule has 1 aromatic heterocycles. The van der Waals surface area contributed by atoms with Gasteiger partial charge in [0.05, 0.1) is 19.6 Å². The van der Waals surface area contributed by atoms with Crippen molar-refractivity contribution in [1.82, 2.24) is 5.32 Å². The molecule has 0 fully saturated rings. The van der Waals surface area contributed by atoms with Crippen LogP contribution in [0.4, 0.5) is 5.69 Å². The molecule has 5 nitrogen and oxygen atoms in total. The van der Waals surface area contributed by atoms with E-state index in [-0.39, 0.29) is 11.8 Å². The van der Waals surface area contributed by atoms with Crippen LogP contribution < -0.4 is 15.4 Å². The zero-order valence-electron chi connectivity index (χ0n) is 15.6. The Labute approximate surface area is 168 Å². The molecule has 0 bridgehead atoms. The highest BCUT2D eigenvalue weighted by atomic mass is 32.1. The standard InChI is InChI=1S/C22H22N2O3S/c1-2-27-19-11-7-17(8-12-19)22(26)24-18-9-5-16(6-10-18)14-21(25)23-15-20-4-3-13-28-20/h3-13H,2,14-15H2,1H3,(H,23,25)(H,24,26). The first-order chi connectivity index (χ1) is 13.6. The summed E-state index contributed by atoms with van der Waals surface area (Å²) in [6.45, 7) is 3.05. The first kappa shape index (κ1) is 19.6. The van der Waals surface area contributed by atoms with E-state index in [2.05, 4.69) is 10.6 Å². The fourth-order valence-electron chi connectivity index (χ4n) is 2.63. The van der Waals surface area contributed by atoms with Crippen molar-refractivity contribution in [3.8, 4) is 5.75 Å². The van der Waals surface area contributed by atoms with Gasteiger partial charge < -0.3 is 15.4 Å². The lowest BCUT2D eigenvalue weighted by Crippen LogP contribution is -2.24. The van der Waals surface area contributed by atoms with Gasteiger partial charge in [0.2, 0.25) is 5.91 Å². The molecule has 3 rings (SSSR count). The molecule has 28 heavy (non-hydrogen) atoms. The molecule has 0 atom stereocenters. The molecular formula is C22H22N2O3S. The number of rotatable bonds is 8. The van der Waals surface area contributed by atoms with Gasteiger partial charge in [0, 0.05) is 16.1 Å². The van der Waals surface area contributed by atoms with Crippen LogP contribution in [-0.4, -0.2) is 18.4 Å². The third-order valence-electron chi connectivity index (χ3n) is 4.04. The molecule has 0 unspecified atom stereocenters. The number of benzene rings is 2. The zero-order valence-corrected chi connectivity index (χ0v) is 16.4. The Bertz CT molecular complexity index is 904. The minimum absolute atomic E-state index is 0.0282. The van der Waals surface area contributed by atoms with Crippen LogP contribution in [0.5, 0.6) is 5.75 Å². The monoisotopic (exact) mass is 394 g/mol. The topological polar surface area (TPSA) is 67.4 Å². The van der Waals surface area contributed by atoms with E-state index in [1.54, 1.807) is 47.7 Å². The van der Waals surface area contributed by atoms with Crippen LogP contribution in [-0.2, 0) is 17.8 Å². The van der Waals surface area contributed by atoms with Crippen LogP contribution in [0.2, 0.25) is 0 Å². The van der Waals surface area contributed by atoms with Crippen LogP contribution in [0.15, 0.2) is 66.0 Å². The minimum Gasteiger partial charge on any atom is -0.494 e. The van der Waals surface area contributed by atoms with Gasteiger partial charge in [-0.3, -0.25) is 9.59 Å². The molecule has 0 spiro atoms. The Morgan fingerprint density at radius 2 is 1.75 bits per heavy atom. The molecule has 144 valence electrons. The van der Waals surface area contributed by atoms with E-state index < -0.39 is 0 Å². The van der Waals surface area contributed by atoms with Crippen LogP contribution in [0.3, 0.4) is 0 Å². The zero-order chi connectivity index (χ0) is 19.8. The van der Waals surface area contributed by atoms with Crippen molar-refractivity contribution in [3.63, 3.8) is 0 Å². The maximum Gasteiger partial charge on any atom is 0.255 e. The van der Waals surface area contributed by atoms with Crippen molar-refractivity contribution in [2.75, 3.05) is 11.9 Å². The predicted molar refractivity (Wildman–Crippen MR) is 112 cm³/mol. The molecule has 1 heterocycles. The highest BCUT2D eigenvalue weighted by molar-refractivity contribution is 7.09. The van der Waals surface area contributed by atoms with Gasteiger partial charge in [-0.05, 0) is 60.3 Å². The normalized spacial score (nSPS) is 10.3. The van der Waals surface area contributed by atoms with E-state index in [0.29, 0.717) is 30.8 Å². The molecule has 6 heteroatoms. The molecule has 0 saturated carbocycles. The number of ether oxygens (including phenoxy) is 1. The highest BCUT2D eigenvalue weighted by Gasteiger charge is 2.08. The largest absolute Gasteiger partial charge is 0.494 e. The number of hydrogen-bond donors (Lipinski definition) is 2. The van der Waals surface area contributed by atoms with Crippen LogP contribution in [0.1, 0.15) is 27.7 Å². The number of amides is 2. The molecule has 2 aromatic carbocycles. The van der Waals surface area contributed by atoms with Crippen molar-refractivity contribution in [2.24, 2.45) is 0 Å². The number of carbonyl (C=O) groups excluding carboxylic acids is 2. The Kier molecular flexibility index (Phi) is 6.81. The Morgan fingerprint density at radius 3 is 2.39 bits per heavy atom. The maximum absolute atomic E-state index is 12.3. The minimum atomic E-state index is -0.190. The first-order valence-electron chi connectivity index (χ1n) is 9.06.